The van der Waals surface area contributed by atoms with Crippen LogP contribution in [0.1, 0.15) is 15.9 Å². The Bertz CT molecular complexity index is 689. The minimum atomic E-state index is -0.767. The molecule has 0 radical (unpaired) electrons. The van der Waals surface area contributed by atoms with Crippen LogP contribution < -0.4 is 0 Å². The van der Waals surface area contributed by atoms with Crippen LogP contribution >= 0.6 is 43.5 Å². The molecule has 6 heteroatoms. The van der Waals surface area contributed by atoms with Gasteiger partial charge in [-0.25, -0.2) is 8.78 Å². The Morgan fingerprint density at radius 1 is 1.10 bits per heavy atom. The third-order valence-corrected chi connectivity index (χ3v) is 4.24. The maximum atomic E-state index is 13.8. The highest BCUT2D eigenvalue weighted by molar-refractivity contribution is 9.10. The van der Waals surface area contributed by atoms with Crippen molar-refractivity contribution < 1.29 is 13.6 Å². The Hall–Kier alpha value is -0.780. The summed E-state index contributed by atoms with van der Waals surface area (Å²) in [5.41, 5.74) is 0.0209. The molecular weight excluding hydrogens is 417 g/mol. The van der Waals surface area contributed by atoms with Crippen LogP contribution in [0.2, 0.25) is 5.02 Å². The molecule has 1 nitrogen and oxygen atoms in total. The van der Waals surface area contributed by atoms with E-state index in [1.807, 2.05) is 0 Å². The first-order valence-electron chi connectivity index (χ1n) is 5.50. The Kier molecular flexibility index (Phi) is 4.94. The Balaban J connectivity index is 2.38. The zero-order valence-corrected chi connectivity index (χ0v) is 13.8. The van der Waals surface area contributed by atoms with Gasteiger partial charge in [0.2, 0.25) is 0 Å². The Morgan fingerprint density at radius 3 is 2.45 bits per heavy atom. The molecule has 2 rings (SSSR count). The average Bonchev–Trinajstić information content (AvgIpc) is 2.41. The molecule has 2 aromatic carbocycles. The summed E-state index contributed by atoms with van der Waals surface area (Å²) in [5, 5.41) is 0.381. The van der Waals surface area contributed by atoms with Gasteiger partial charge in [0.25, 0.3) is 0 Å². The standard InChI is InChI=1S/C14H7Br2ClF2O/c15-10-2-1-7(17)5-8(10)13(20)6-9-12(18)4-3-11(16)14(9)19/h1-5H,6H2. The van der Waals surface area contributed by atoms with E-state index in [1.165, 1.54) is 12.1 Å². The van der Waals surface area contributed by atoms with Crippen molar-refractivity contribution in [3.05, 3.63) is 67.1 Å². The molecule has 0 aliphatic rings. The second-order valence-electron chi connectivity index (χ2n) is 4.05. The van der Waals surface area contributed by atoms with Crippen LogP contribution in [0.15, 0.2) is 39.3 Å². The van der Waals surface area contributed by atoms with Crippen molar-refractivity contribution in [1.82, 2.24) is 0 Å². The molecule has 20 heavy (non-hydrogen) atoms. The van der Waals surface area contributed by atoms with Gasteiger partial charge in [-0.15, -0.1) is 0 Å². The van der Waals surface area contributed by atoms with Crippen LogP contribution in [0.25, 0.3) is 0 Å². The lowest BCUT2D eigenvalue weighted by atomic mass is 10.0. The first-order valence-corrected chi connectivity index (χ1v) is 7.47. The lowest BCUT2D eigenvalue weighted by Crippen LogP contribution is -2.08. The molecule has 0 fully saturated rings. The van der Waals surface area contributed by atoms with Gasteiger partial charge in [0.1, 0.15) is 11.6 Å². The van der Waals surface area contributed by atoms with Gasteiger partial charge in [0.15, 0.2) is 5.78 Å². The van der Waals surface area contributed by atoms with Crippen LogP contribution in [-0.2, 0) is 6.42 Å². The number of carbonyl (C=O) groups is 1. The molecule has 0 aliphatic heterocycles. The highest BCUT2D eigenvalue weighted by Crippen LogP contribution is 2.26. The lowest BCUT2D eigenvalue weighted by Gasteiger charge is -2.08. The fourth-order valence-corrected chi connectivity index (χ4v) is 2.71. The van der Waals surface area contributed by atoms with Gasteiger partial charge in [0, 0.05) is 27.0 Å². The second-order valence-corrected chi connectivity index (χ2v) is 6.19. The number of carbonyl (C=O) groups excluding carboxylic acids is 1. The number of halogens is 5. The van der Waals surface area contributed by atoms with Crippen molar-refractivity contribution in [3.63, 3.8) is 0 Å². The molecule has 0 unspecified atom stereocenters. The Labute approximate surface area is 136 Å². The molecule has 0 aromatic heterocycles. The molecule has 0 N–H and O–H groups in total. The van der Waals surface area contributed by atoms with Crippen LogP contribution in [0.4, 0.5) is 8.78 Å². The van der Waals surface area contributed by atoms with Crippen molar-refractivity contribution in [2.75, 3.05) is 0 Å². The molecule has 0 aliphatic carbocycles. The largest absolute Gasteiger partial charge is 0.294 e. The fourth-order valence-electron chi connectivity index (χ4n) is 1.70. The molecule has 104 valence electrons. The quantitative estimate of drug-likeness (QED) is 0.465. The molecule has 2 aromatic rings. The second kappa shape index (κ2) is 6.33. The van der Waals surface area contributed by atoms with Gasteiger partial charge >= 0.3 is 0 Å². The summed E-state index contributed by atoms with van der Waals surface area (Å²) >= 11 is 12.0. The smallest absolute Gasteiger partial charge is 0.168 e. The van der Waals surface area contributed by atoms with Crippen LogP contribution in [0.5, 0.6) is 0 Å². The van der Waals surface area contributed by atoms with Crippen molar-refractivity contribution in [2.45, 2.75) is 6.42 Å². The van der Waals surface area contributed by atoms with E-state index < -0.39 is 17.4 Å². The topological polar surface area (TPSA) is 17.1 Å². The highest BCUT2D eigenvalue weighted by Gasteiger charge is 2.18. The molecular formula is C14H7Br2ClF2O. The summed E-state index contributed by atoms with van der Waals surface area (Å²) in [6.45, 7) is 0. The number of ketones is 1. The number of hydrogen-bond donors (Lipinski definition) is 0. The zero-order valence-electron chi connectivity index (χ0n) is 9.89. The van der Waals surface area contributed by atoms with Crippen LogP contribution in [-0.4, -0.2) is 5.78 Å². The highest BCUT2D eigenvalue weighted by atomic mass is 79.9. The maximum Gasteiger partial charge on any atom is 0.168 e. The first kappa shape index (κ1) is 15.6. The summed E-state index contributed by atoms with van der Waals surface area (Å²) in [5.74, 6) is -1.94. The fraction of sp³-hybridized carbons (Fsp3) is 0.0714. The van der Waals surface area contributed by atoms with Crippen molar-refractivity contribution in [2.24, 2.45) is 0 Å². The number of rotatable bonds is 3. The minimum Gasteiger partial charge on any atom is -0.294 e. The Morgan fingerprint density at radius 2 is 1.75 bits per heavy atom. The number of Topliss-reactive ketones (excluding diaryl/α,β-unsaturated/α-hetero) is 1. The normalized spacial score (nSPS) is 10.7. The van der Waals surface area contributed by atoms with E-state index >= 15 is 0 Å². The SMILES string of the molecule is O=C(Cc1c(F)ccc(Br)c1F)c1cc(Cl)ccc1Br. The molecule has 0 saturated heterocycles. The average molecular weight is 424 g/mol. The summed E-state index contributed by atoms with van der Waals surface area (Å²) in [7, 11) is 0. The van der Waals surface area contributed by atoms with Crippen molar-refractivity contribution in [3.8, 4) is 0 Å². The van der Waals surface area contributed by atoms with Gasteiger partial charge in [-0.05, 0) is 46.3 Å². The summed E-state index contributed by atoms with van der Waals surface area (Å²) in [6, 6.07) is 7.06. The van der Waals surface area contributed by atoms with E-state index in [9.17, 15) is 13.6 Å². The predicted molar refractivity (Wildman–Crippen MR) is 81.2 cm³/mol. The molecule has 0 heterocycles. The third-order valence-electron chi connectivity index (χ3n) is 2.71. The van der Waals surface area contributed by atoms with E-state index in [1.54, 1.807) is 12.1 Å². The molecule has 0 amide bonds. The van der Waals surface area contributed by atoms with E-state index in [2.05, 4.69) is 31.9 Å². The third kappa shape index (κ3) is 3.27. The summed E-state index contributed by atoms with van der Waals surface area (Å²) in [6.07, 6.45) is -0.379. The van der Waals surface area contributed by atoms with Crippen LogP contribution in [0.3, 0.4) is 0 Å². The monoisotopic (exact) mass is 422 g/mol. The van der Waals surface area contributed by atoms with Crippen LogP contribution in [0, 0.1) is 11.6 Å². The van der Waals surface area contributed by atoms with Gasteiger partial charge in [0.05, 0.1) is 4.47 Å². The van der Waals surface area contributed by atoms with Gasteiger partial charge in [-0.1, -0.05) is 27.5 Å². The number of benzene rings is 2. The van der Waals surface area contributed by atoms with Gasteiger partial charge in [-0.2, -0.15) is 0 Å². The van der Waals surface area contributed by atoms with E-state index in [0.717, 1.165) is 6.07 Å². The molecule has 0 saturated carbocycles. The summed E-state index contributed by atoms with van der Waals surface area (Å²) in [4.78, 5) is 12.2. The van der Waals surface area contributed by atoms with Gasteiger partial charge in [-0.3, -0.25) is 4.79 Å². The first-order chi connectivity index (χ1) is 9.40. The minimum absolute atomic E-state index is 0.117. The maximum absolute atomic E-state index is 13.8. The van der Waals surface area contributed by atoms with E-state index in [0.29, 0.717) is 9.50 Å². The van der Waals surface area contributed by atoms with Crippen molar-refractivity contribution in [1.29, 1.82) is 0 Å². The van der Waals surface area contributed by atoms with Crippen molar-refractivity contribution >= 4 is 49.2 Å². The number of hydrogen-bond acceptors (Lipinski definition) is 1. The summed E-state index contributed by atoms with van der Waals surface area (Å²) < 4.78 is 28.1. The molecule has 0 bridgehead atoms. The molecule has 0 atom stereocenters. The molecule has 0 spiro atoms. The lowest BCUT2D eigenvalue weighted by molar-refractivity contribution is 0.0989. The zero-order chi connectivity index (χ0) is 14.9. The van der Waals surface area contributed by atoms with E-state index in [4.69, 9.17) is 11.6 Å². The predicted octanol–water partition coefficient (Wildman–Crippen LogP) is 5.57. The van der Waals surface area contributed by atoms with E-state index in [-0.39, 0.29) is 22.0 Å². The van der Waals surface area contributed by atoms with Gasteiger partial charge < -0.3 is 0 Å².